The Labute approximate surface area is 720 Å². The zero-order valence-electron chi connectivity index (χ0n) is 68.3. The topological polar surface area (TPSA) is 511 Å². The highest BCUT2D eigenvalue weighted by molar-refractivity contribution is 7.99. The van der Waals surface area contributed by atoms with Gasteiger partial charge in [-0.15, -0.1) is 0 Å². The summed E-state index contributed by atoms with van der Waals surface area (Å²) >= 11 is 3.86. The van der Waals surface area contributed by atoms with Crippen LogP contribution in [-0.4, -0.2) is 226 Å². The number of primary amides is 1. The molecule has 0 radical (unpaired) electrons. The molecule has 13 amide bonds. The van der Waals surface area contributed by atoms with Gasteiger partial charge >= 0.3 is 5.97 Å². The Morgan fingerprint density at radius 1 is 0.504 bits per heavy atom. The minimum absolute atomic E-state index is 0.0196. The predicted molar refractivity (Wildman–Crippen MR) is 462 cm³/mol. The molecule has 37 heteroatoms. The number of aromatic nitrogens is 5. The number of carbonyl (C=O) groups is 14. The second kappa shape index (κ2) is 41.6. The number of nitrogens with zero attached hydrogens (tertiary/aromatic N) is 4. The number of benzene rings is 5. The third-order valence-electron chi connectivity index (χ3n) is 21.7. The van der Waals surface area contributed by atoms with E-state index in [4.69, 9.17) is 20.7 Å². The number of amides is 13. The Hall–Kier alpha value is -12.2. The molecule has 11 heterocycles. The molecule has 5 aromatic carbocycles. The summed E-state index contributed by atoms with van der Waals surface area (Å²) in [6, 6.07) is 20.8. The van der Waals surface area contributed by atoms with E-state index >= 15 is 9.59 Å². The Morgan fingerprint density at radius 3 is 1.53 bits per heavy atom. The van der Waals surface area contributed by atoms with Crippen molar-refractivity contribution in [1.82, 2.24) is 88.3 Å². The van der Waals surface area contributed by atoms with E-state index in [0.29, 0.717) is 85.0 Å². The normalized spacial score (nSPS) is 24.1. The number of aromatic amines is 2. The number of fused-ring (bicyclic) bond motifs is 4. The van der Waals surface area contributed by atoms with Crippen LogP contribution in [0.1, 0.15) is 101 Å². The van der Waals surface area contributed by atoms with E-state index in [2.05, 4.69) is 68.5 Å². The van der Waals surface area contributed by atoms with Gasteiger partial charge in [-0.05, 0) is 83.9 Å². The quantitative estimate of drug-likeness (QED) is 0.0936. The van der Waals surface area contributed by atoms with Crippen LogP contribution in [0.5, 0.6) is 0 Å². The van der Waals surface area contributed by atoms with E-state index in [1.54, 1.807) is 88.6 Å². The maximum absolute atomic E-state index is 15.4. The number of nitrogens with one attached hydrogen (secondary N) is 13. The second-order valence-corrected chi connectivity index (χ2v) is 34.7. The van der Waals surface area contributed by atoms with Gasteiger partial charge in [-0.2, -0.15) is 35.3 Å². The lowest BCUT2D eigenvalue weighted by molar-refractivity contribution is -0.143. The molecule has 8 aromatic rings. The van der Waals surface area contributed by atoms with Crippen LogP contribution in [-0.2, 0) is 97.2 Å². The van der Waals surface area contributed by atoms with Gasteiger partial charge in [0.25, 0.3) is 0 Å². The van der Waals surface area contributed by atoms with Crippen molar-refractivity contribution < 1.29 is 77.3 Å². The van der Waals surface area contributed by atoms with Gasteiger partial charge in [0, 0.05) is 112 Å². The SMILES string of the molecule is CC(=O)N[C@H]1CSCc2ccc(cc2)-c2nc3nc(n2)-c2ccc(cc2)CSC[C@H](NC(=O)[C@@H]2CCC[C@@H](O)[C@H](NC1=O)C(=O)N2)C(=O)N[C@@H](Cc1c[nH]c2ccccc12)C(=O)N[C@@H](C(C)C)C(=O)N[C@@H](CC(=O)O)C(=O)NCC(=O)N[C@@H](Cc1c[nH]c2ccccc12)C(=O)N[C@@H](C(C)C)C(=O)N1CCC[C@H]1C(=O)N[C@H](C(N)=O)CSCc1ccc-3cc1. The molecule has 17 N–H and O–H groups in total. The van der Waals surface area contributed by atoms with Crippen LogP contribution in [0.3, 0.4) is 0 Å². The lowest BCUT2D eigenvalue weighted by atomic mass is 9.97. The highest BCUT2D eigenvalue weighted by Crippen LogP contribution is 2.31. The van der Waals surface area contributed by atoms with Gasteiger partial charge in [-0.25, -0.2) is 15.0 Å². The summed E-state index contributed by atoms with van der Waals surface area (Å²) < 4.78 is 0. The standard InChI is InChI=1S/C86H100N18O16S3/c1-44(2)70-84(118)95-62(34-69(108)109)77(111)90-37-68(107)92-60(32-53-35-88-57-14-8-6-12-55(53)57)79(113)99-71(45(3)4)86(120)104-31-11-17-66(104)83(117)96-63(73(87)110)41-121-38-47-19-25-50(26-20-47)74-101-75-51-27-21-48(22-28-51)39-122-42-64(91-46(5)105)82(116)100-72-67(106)18-10-16-59(93-85(72)119)78(112)97-65(43-123-40-49-23-29-52(30-24-49)76(102-74)103-75)81(115)94-61(80(114)98-70)33-54-36-89-58-15-9-7-13-56(54)58/h6-9,12-15,19-30,35-36,44-45,59-67,70-72,88-89,106H,10-11,16-18,31-34,37-43H2,1-5H3,(H2,87,110)(H,90,111)(H,91,105)(H,92,107)(H,93,119)(H,94,115)(H,95,118)(H,96,117)(H,97,112)(H,98,114)(H,99,113)(H,100,116)(H,108,109)/t59-,60-,61-,62-,63-,64-,65-,66-,67+,70-,71-,72-/m0/s1. The van der Waals surface area contributed by atoms with Crippen molar-refractivity contribution in [2.45, 2.75) is 176 Å². The number of carboxylic acid groups (broad SMARTS) is 1. The van der Waals surface area contributed by atoms with Crippen LogP contribution < -0.4 is 64.2 Å². The third-order valence-corrected chi connectivity index (χ3v) is 25.1. The second-order valence-electron chi connectivity index (χ2n) is 31.6. The number of carbonyl (C=O) groups excluding carboxylic acids is 13. The number of nitrogens with two attached hydrogens (primary N) is 1. The number of hydrogen-bond acceptors (Lipinski definition) is 21. The number of thioether (sulfide) groups is 3. The Kier molecular flexibility index (Phi) is 30.4. The average molecular weight is 1740 g/mol. The fourth-order valence-electron chi connectivity index (χ4n) is 15.0. The molecule has 12 atom stereocenters. The number of rotatable bonds is 10. The molecule has 0 spiro atoms. The first-order valence-corrected chi connectivity index (χ1v) is 44.1. The van der Waals surface area contributed by atoms with E-state index in [1.165, 1.54) is 47.1 Å². The van der Waals surface area contributed by atoms with E-state index in [9.17, 15) is 67.7 Å². The summed E-state index contributed by atoms with van der Waals surface area (Å²) in [4.78, 5) is 223. The Balaban J connectivity index is 0.896. The minimum atomic E-state index is -1.90. The molecule has 0 saturated carbocycles. The van der Waals surface area contributed by atoms with E-state index in [-0.39, 0.29) is 68.1 Å². The van der Waals surface area contributed by atoms with E-state index in [1.807, 2.05) is 72.8 Å². The lowest BCUT2D eigenvalue weighted by Crippen LogP contribution is -2.63. The first kappa shape index (κ1) is 90.0. The number of carboxylic acids is 1. The average Bonchev–Trinajstić information content (AvgIpc) is 1.44. The molecular weight excluding hydrogens is 1640 g/mol. The maximum atomic E-state index is 15.4. The van der Waals surface area contributed by atoms with Gasteiger partial charge < -0.3 is 89.3 Å². The fraction of sp³-hybridized carbons (Fsp3) is 0.407. The summed E-state index contributed by atoms with van der Waals surface area (Å²) in [5.74, 6) is -12.3. The van der Waals surface area contributed by atoms with Crippen molar-refractivity contribution >= 4 is 140 Å². The van der Waals surface area contributed by atoms with Crippen LogP contribution in [0.15, 0.2) is 134 Å². The molecule has 2 fully saturated rings. The lowest BCUT2D eigenvalue weighted by Gasteiger charge is -2.32. The van der Waals surface area contributed by atoms with E-state index in [0.717, 1.165) is 16.7 Å². The molecule has 3 aromatic heterocycles. The molecule has 8 aliphatic heterocycles. The number of aliphatic hydroxyl groups is 1. The molecule has 2 saturated heterocycles. The monoisotopic (exact) mass is 1740 g/mol. The summed E-state index contributed by atoms with van der Waals surface area (Å²) in [7, 11) is 0. The van der Waals surface area contributed by atoms with Crippen LogP contribution >= 0.6 is 35.3 Å². The van der Waals surface area contributed by atoms with Crippen molar-refractivity contribution in [3.8, 4) is 34.2 Å². The zero-order valence-corrected chi connectivity index (χ0v) is 70.7. The highest BCUT2D eigenvalue weighted by atomic mass is 32.2. The maximum Gasteiger partial charge on any atom is 0.305 e. The van der Waals surface area contributed by atoms with Gasteiger partial charge in [-0.3, -0.25) is 67.1 Å². The predicted octanol–water partition coefficient (Wildman–Crippen LogP) is 2.84. The number of hydrogen-bond donors (Lipinski definition) is 16. The first-order valence-electron chi connectivity index (χ1n) is 40.6. The largest absolute Gasteiger partial charge is 0.481 e. The summed E-state index contributed by atoms with van der Waals surface area (Å²) in [5, 5.41) is 52.4. The molecule has 123 heavy (non-hydrogen) atoms. The van der Waals surface area contributed by atoms with Crippen LogP contribution in [0.4, 0.5) is 0 Å². The molecule has 0 unspecified atom stereocenters. The smallest absolute Gasteiger partial charge is 0.305 e. The molecule has 0 aliphatic carbocycles. The van der Waals surface area contributed by atoms with E-state index < -0.39 is 180 Å². The van der Waals surface area contributed by atoms with Crippen molar-refractivity contribution in [3.05, 3.63) is 162 Å². The summed E-state index contributed by atoms with van der Waals surface area (Å²) in [6.45, 7) is 6.96. The van der Waals surface area contributed by atoms with Crippen molar-refractivity contribution in [2.24, 2.45) is 17.6 Å². The summed E-state index contributed by atoms with van der Waals surface area (Å²) in [6.07, 6.45) is 1.05. The molecular formula is C86H100N18O16S3. The fourth-order valence-corrected chi connectivity index (χ4v) is 18.1. The molecule has 16 rings (SSSR count). The number of H-pyrrole nitrogens is 2. The van der Waals surface area contributed by atoms with Gasteiger partial charge in [0.2, 0.25) is 76.8 Å². The zero-order chi connectivity index (χ0) is 87.7. The Bertz CT molecular complexity index is 5260. The van der Waals surface area contributed by atoms with Gasteiger partial charge in [0.15, 0.2) is 17.5 Å². The van der Waals surface area contributed by atoms with Crippen LogP contribution in [0, 0.1) is 11.8 Å². The number of para-hydroxylation sites is 2. The first-order chi connectivity index (χ1) is 59.0. The molecule has 34 nitrogen and oxygen atoms in total. The van der Waals surface area contributed by atoms with Gasteiger partial charge in [0.1, 0.15) is 66.5 Å². The van der Waals surface area contributed by atoms with Gasteiger partial charge in [-0.1, -0.05) is 137 Å². The van der Waals surface area contributed by atoms with Crippen LogP contribution in [0.25, 0.3) is 56.0 Å². The Morgan fingerprint density at radius 2 is 1.00 bits per heavy atom. The van der Waals surface area contributed by atoms with Gasteiger partial charge in [0.05, 0.1) is 19.1 Å². The molecule has 12 bridgehead atoms. The number of aliphatic carboxylic acids is 1. The summed E-state index contributed by atoms with van der Waals surface area (Å²) in [5.41, 5.74) is 12.7. The van der Waals surface area contributed by atoms with Crippen molar-refractivity contribution in [3.63, 3.8) is 0 Å². The molecule has 648 valence electrons. The van der Waals surface area contributed by atoms with Crippen molar-refractivity contribution in [2.75, 3.05) is 30.3 Å². The third kappa shape index (κ3) is 23.5. The van der Waals surface area contributed by atoms with Crippen molar-refractivity contribution in [1.29, 1.82) is 0 Å². The van der Waals surface area contributed by atoms with Crippen LogP contribution in [0.2, 0.25) is 0 Å². The highest BCUT2D eigenvalue weighted by Gasteiger charge is 2.43. The number of aliphatic hydroxyl groups excluding tert-OH is 1. The minimum Gasteiger partial charge on any atom is -0.481 e. The molecule has 8 aliphatic rings.